The van der Waals surface area contributed by atoms with E-state index < -0.39 is 5.97 Å². The van der Waals surface area contributed by atoms with Crippen LogP contribution >= 0.6 is 23.2 Å². The molecule has 1 amide bonds. The molecule has 0 spiro atoms. The Hall–Kier alpha value is -4.80. The first-order valence-electron chi connectivity index (χ1n) is 16.6. The topological polar surface area (TPSA) is 107 Å². The van der Waals surface area contributed by atoms with Gasteiger partial charge in [0.1, 0.15) is 17.0 Å². The third kappa shape index (κ3) is 5.24. The Bertz CT molecular complexity index is 2360. The van der Waals surface area contributed by atoms with Gasteiger partial charge in [-0.1, -0.05) is 41.4 Å². The minimum Gasteiger partial charge on any atom is -0.494 e. The summed E-state index contributed by atoms with van der Waals surface area (Å²) in [7, 11) is 3.52. The van der Waals surface area contributed by atoms with Gasteiger partial charge in [-0.3, -0.25) is 14.2 Å². The number of benzene rings is 3. The number of halogens is 2. The maximum atomic E-state index is 14.9. The molecule has 1 aliphatic rings. The molecule has 1 aliphatic heterocycles. The van der Waals surface area contributed by atoms with E-state index in [0.717, 1.165) is 60.9 Å². The number of ether oxygens (including phenoxy) is 1. The molecular formula is C38H38Cl2N6O4. The number of aromatic carboxylic acids is 1. The smallest absolute Gasteiger partial charge is 0.354 e. The molecule has 3 aromatic carbocycles. The van der Waals surface area contributed by atoms with E-state index in [1.807, 2.05) is 69.8 Å². The zero-order valence-electron chi connectivity index (χ0n) is 29.1. The normalized spacial score (nSPS) is 14.6. The second kappa shape index (κ2) is 12.5. The highest BCUT2D eigenvalue weighted by Gasteiger charge is 2.38. The Morgan fingerprint density at radius 2 is 1.70 bits per heavy atom. The molecule has 12 heteroatoms. The summed E-state index contributed by atoms with van der Waals surface area (Å²) in [6, 6.07) is 13.0. The molecule has 0 saturated carbocycles. The Morgan fingerprint density at radius 1 is 0.980 bits per heavy atom. The van der Waals surface area contributed by atoms with Gasteiger partial charge in [-0.2, -0.15) is 10.2 Å². The van der Waals surface area contributed by atoms with E-state index in [0.29, 0.717) is 53.3 Å². The van der Waals surface area contributed by atoms with E-state index in [1.54, 1.807) is 24.1 Å². The van der Waals surface area contributed by atoms with Gasteiger partial charge in [0, 0.05) is 59.3 Å². The molecule has 1 unspecified atom stereocenters. The third-order valence-electron chi connectivity index (χ3n) is 9.90. The number of hydrogen-bond donors (Lipinski definition) is 1. The molecule has 0 fully saturated rings. The van der Waals surface area contributed by atoms with Crippen molar-refractivity contribution in [2.45, 2.75) is 53.5 Å². The lowest BCUT2D eigenvalue weighted by atomic mass is 9.98. The minimum atomic E-state index is -1.08. The van der Waals surface area contributed by atoms with Crippen molar-refractivity contribution >= 4 is 62.6 Å². The molecule has 50 heavy (non-hydrogen) atoms. The zero-order chi connectivity index (χ0) is 35.8. The molecule has 6 aromatic rings. The second-order valence-corrected chi connectivity index (χ2v) is 14.0. The number of carboxylic acid groups (broad SMARTS) is 1. The number of aryl methyl sites for hydroxylation is 6. The highest BCUT2D eigenvalue weighted by atomic mass is 35.5. The van der Waals surface area contributed by atoms with Gasteiger partial charge in [0.2, 0.25) is 0 Å². The lowest BCUT2D eigenvalue weighted by molar-refractivity contribution is 0.0687. The van der Waals surface area contributed by atoms with E-state index in [4.69, 9.17) is 33.0 Å². The van der Waals surface area contributed by atoms with Gasteiger partial charge < -0.3 is 19.3 Å². The van der Waals surface area contributed by atoms with Gasteiger partial charge >= 0.3 is 5.97 Å². The van der Waals surface area contributed by atoms with E-state index >= 15 is 0 Å². The Balaban J connectivity index is 1.38. The fourth-order valence-electron chi connectivity index (χ4n) is 7.61. The number of fused-ring (bicyclic) bond motifs is 4. The summed E-state index contributed by atoms with van der Waals surface area (Å²) in [4.78, 5) is 28.8. The van der Waals surface area contributed by atoms with Crippen LogP contribution < -0.4 is 9.64 Å². The SMILES string of the molecule is Cc1cc(OCCCc2c3n(c4c(-c5c(C)nn(C)c5C)c(Cl)ccc24)C(C)CN(c2cccc4c(C(=O)O)n(C)nc24)C3=O)cc(C)c1Cl. The molecule has 0 bridgehead atoms. The van der Waals surface area contributed by atoms with Gasteiger partial charge in [-0.25, -0.2) is 4.79 Å². The number of nitrogens with zero attached hydrogens (tertiary/aromatic N) is 6. The number of amides is 1. The molecule has 0 saturated heterocycles. The highest BCUT2D eigenvalue weighted by Crippen LogP contribution is 2.45. The fraction of sp³-hybridized carbons (Fsp3) is 0.316. The van der Waals surface area contributed by atoms with Crippen LogP contribution in [-0.2, 0) is 20.5 Å². The first-order chi connectivity index (χ1) is 23.8. The number of hydrogen-bond acceptors (Lipinski definition) is 5. The molecule has 258 valence electrons. The Kier molecular flexibility index (Phi) is 8.43. The van der Waals surface area contributed by atoms with Crippen molar-refractivity contribution in [2.75, 3.05) is 18.1 Å². The molecule has 7 rings (SSSR count). The number of anilines is 1. The number of aromatic nitrogens is 5. The standard InChI is InChI=1S/C38H38Cl2N6O4/c1-19-16-24(17-20(2)32(19)40)50-15-9-11-25-26-13-14-28(39)31(30-22(4)41-43(6)23(30)5)34(26)46-21(3)18-45(37(47)35(25)46)29-12-8-10-27-33(29)42-44(7)36(27)38(48)49/h8,10,12-14,16-17,21H,9,11,15,18H2,1-7H3,(H,48,49). The molecule has 1 N–H and O–H groups in total. The van der Waals surface area contributed by atoms with Crippen LogP contribution in [0.4, 0.5) is 5.69 Å². The predicted molar refractivity (Wildman–Crippen MR) is 197 cm³/mol. The van der Waals surface area contributed by atoms with Gasteiger partial charge in [-0.15, -0.1) is 0 Å². The second-order valence-electron chi connectivity index (χ2n) is 13.2. The van der Waals surface area contributed by atoms with Crippen LogP contribution in [0.2, 0.25) is 10.0 Å². The molecule has 3 aromatic heterocycles. The maximum Gasteiger partial charge on any atom is 0.354 e. The van der Waals surface area contributed by atoms with Crippen LogP contribution in [0, 0.1) is 27.7 Å². The van der Waals surface area contributed by atoms with Crippen LogP contribution in [0.25, 0.3) is 32.9 Å². The van der Waals surface area contributed by atoms with Crippen molar-refractivity contribution < 1.29 is 19.4 Å². The first-order valence-corrected chi connectivity index (χ1v) is 17.3. The quantitative estimate of drug-likeness (QED) is 0.159. The Labute approximate surface area is 299 Å². The average molecular weight is 714 g/mol. The molecule has 1 atom stereocenters. The summed E-state index contributed by atoms with van der Waals surface area (Å²) in [5.41, 5.74) is 9.03. The van der Waals surface area contributed by atoms with Crippen molar-refractivity contribution in [1.29, 1.82) is 0 Å². The summed E-state index contributed by atoms with van der Waals surface area (Å²) in [5, 5.41) is 21.9. The zero-order valence-corrected chi connectivity index (χ0v) is 30.6. The van der Waals surface area contributed by atoms with Crippen molar-refractivity contribution in [3.63, 3.8) is 0 Å². The van der Waals surface area contributed by atoms with Crippen LogP contribution in [0.1, 0.15) is 68.4 Å². The minimum absolute atomic E-state index is 0.0710. The summed E-state index contributed by atoms with van der Waals surface area (Å²) < 4.78 is 11.5. The summed E-state index contributed by atoms with van der Waals surface area (Å²) in [6.07, 6.45) is 1.22. The van der Waals surface area contributed by atoms with Crippen molar-refractivity contribution in [2.24, 2.45) is 14.1 Å². The van der Waals surface area contributed by atoms with Crippen LogP contribution in [0.15, 0.2) is 42.5 Å². The van der Waals surface area contributed by atoms with Crippen LogP contribution in [0.5, 0.6) is 5.75 Å². The van der Waals surface area contributed by atoms with Crippen molar-refractivity contribution in [3.05, 3.63) is 92.0 Å². The number of carbonyl (C=O) groups excluding carboxylic acids is 1. The predicted octanol–water partition coefficient (Wildman–Crippen LogP) is 8.40. The average Bonchev–Trinajstić information content (AvgIpc) is 3.67. The van der Waals surface area contributed by atoms with Crippen LogP contribution in [0.3, 0.4) is 0 Å². The summed E-state index contributed by atoms with van der Waals surface area (Å²) >= 11 is 13.4. The molecule has 0 aliphatic carbocycles. The fourth-order valence-corrected chi connectivity index (χ4v) is 7.97. The molecule has 10 nitrogen and oxygen atoms in total. The van der Waals surface area contributed by atoms with Gasteiger partial charge in [0.05, 0.1) is 28.5 Å². The molecule has 0 radical (unpaired) electrons. The number of rotatable bonds is 8. The molecular weight excluding hydrogens is 675 g/mol. The Morgan fingerprint density at radius 3 is 2.36 bits per heavy atom. The van der Waals surface area contributed by atoms with E-state index in [9.17, 15) is 14.7 Å². The van der Waals surface area contributed by atoms with Crippen molar-refractivity contribution in [3.8, 4) is 16.9 Å². The summed E-state index contributed by atoms with van der Waals surface area (Å²) in [6.45, 7) is 10.8. The first kappa shape index (κ1) is 33.7. The molecule has 4 heterocycles. The summed E-state index contributed by atoms with van der Waals surface area (Å²) in [5.74, 6) is -0.509. The van der Waals surface area contributed by atoms with E-state index in [-0.39, 0.29) is 17.6 Å². The largest absolute Gasteiger partial charge is 0.494 e. The van der Waals surface area contributed by atoms with Crippen LogP contribution in [-0.4, -0.2) is 54.3 Å². The monoisotopic (exact) mass is 712 g/mol. The third-order valence-corrected chi connectivity index (χ3v) is 10.8. The number of carbonyl (C=O) groups is 2. The van der Waals surface area contributed by atoms with E-state index in [2.05, 4.69) is 16.6 Å². The van der Waals surface area contributed by atoms with E-state index in [1.165, 1.54) is 4.68 Å². The maximum absolute atomic E-state index is 14.9. The van der Waals surface area contributed by atoms with Crippen molar-refractivity contribution in [1.82, 2.24) is 24.1 Å². The lowest BCUT2D eigenvalue weighted by Gasteiger charge is -2.34. The van der Waals surface area contributed by atoms with Gasteiger partial charge in [-0.05, 0) is 88.4 Å². The highest BCUT2D eigenvalue weighted by molar-refractivity contribution is 6.35. The van der Waals surface area contributed by atoms with Gasteiger partial charge in [0.25, 0.3) is 5.91 Å². The lowest BCUT2D eigenvalue weighted by Crippen LogP contribution is -2.42. The number of carboxylic acids is 1. The van der Waals surface area contributed by atoms with Gasteiger partial charge in [0.15, 0.2) is 5.69 Å².